The van der Waals surface area contributed by atoms with Crippen LogP contribution in [0.3, 0.4) is 0 Å². The molecule has 31 heavy (non-hydrogen) atoms. The number of carbonyl (C=O) groups excluding carboxylic acids is 2. The van der Waals surface area contributed by atoms with E-state index in [2.05, 4.69) is 15.6 Å². The molecule has 0 saturated heterocycles. The molecular weight excluding hydrogens is 396 g/mol. The van der Waals surface area contributed by atoms with Gasteiger partial charge in [0.2, 0.25) is 0 Å². The van der Waals surface area contributed by atoms with Gasteiger partial charge in [0.15, 0.2) is 5.82 Å². The van der Waals surface area contributed by atoms with Gasteiger partial charge < -0.3 is 24.7 Å². The van der Waals surface area contributed by atoms with Gasteiger partial charge in [0.05, 0.1) is 19.8 Å². The van der Waals surface area contributed by atoms with E-state index in [0.717, 1.165) is 22.6 Å². The predicted octanol–water partition coefficient (Wildman–Crippen LogP) is 2.71. The molecule has 1 unspecified atom stereocenters. The van der Waals surface area contributed by atoms with E-state index in [-0.39, 0.29) is 29.4 Å². The molecule has 1 aliphatic rings. The number of rotatable bonds is 7. The van der Waals surface area contributed by atoms with Gasteiger partial charge in [-0.25, -0.2) is 4.98 Å². The van der Waals surface area contributed by atoms with E-state index in [1.807, 2.05) is 55.5 Å². The summed E-state index contributed by atoms with van der Waals surface area (Å²) in [5.41, 5.74) is 2.08. The molecule has 8 heteroatoms. The molecule has 0 bridgehead atoms. The second-order valence-electron chi connectivity index (χ2n) is 7.16. The number of carbonyl (C=O) groups is 2. The fourth-order valence-corrected chi connectivity index (χ4v) is 3.52. The van der Waals surface area contributed by atoms with Crippen LogP contribution >= 0.6 is 0 Å². The SMILES string of the molecule is CCOc1cccc(CNC(=O)c2cn3c(n2)C(=O)NC(c2ccc(OC)cc2)C3)c1. The molecule has 2 aromatic carbocycles. The molecule has 0 fully saturated rings. The van der Waals surface area contributed by atoms with Crippen LogP contribution in [0.15, 0.2) is 54.7 Å². The average Bonchev–Trinajstić information content (AvgIpc) is 3.23. The van der Waals surface area contributed by atoms with Crippen molar-refractivity contribution in [2.24, 2.45) is 0 Å². The van der Waals surface area contributed by atoms with Crippen LogP contribution in [0.1, 0.15) is 45.2 Å². The number of nitrogens with zero attached hydrogens (tertiary/aromatic N) is 2. The minimum atomic E-state index is -0.336. The van der Waals surface area contributed by atoms with E-state index < -0.39 is 0 Å². The topological polar surface area (TPSA) is 94.5 Å². The zero-order valence-corrected chi connectivity index (χ0v) is 17.4. The number of aromatic nitrogens is 2. The van der Waals surface area contributed by atoms with Crippen molar-refractivity contribution in [1.29, 1.82) is 0 Å². The molecule has 0 aliphatic carbocycles. The van der Waals surface area contributed by atoms with E-state index in [4.69, 9.17) is 9.47 Å². The molecule has 1 atom stereocenters. The molecule has 2 amide bonds. The minimum Gasteiger partial charge on any atom is -0.497 e. The lowest BCUT2D eigenvalue weighted by atomic mass is 10.1. The number of imidazole rings is 1. The summed E-state index contributed by atoms with van der Waals surface area (Å²) in [5, 5.41) is 5.79. The van der Waals surface area contributed by atoms with Crippen molar-refractivity contribution in [2.45, 2.75) is 26.1 Å². The van der Waals surface area contributed by atoms with Crippen LogP contribution in [-0.4, -0.2) is 35.1 Å². The third-order valence-corrected chi connectivity index (χ3v) is 5.08. The third-order valence-electron chi connectivity index (χ3n) is 5.08. The Bertz CT molecular complexity index is 1090. The predicted molar refractivity (Wildman–Crippen MR) is 114 cm³/mol. The number of benzene rings is 2. The average molecular weight is 420 g/mol. The zero-order valence-electron chi connectivity index (χ0n) is 17.4. The van der Waals surface area contributed by atoms with Gasteiger partial charge in [-0.2, -0.15) is 0 Å². The number of ether oxygens (including phenoxy) is 2. The molecular formula is C23H24N4O4. The molecule has 0 radical (unpaired) electrons. The Morgan fingerprint density at radius 3 is 2.77 bits per heavy atom. The molecule has 0 spiro atoms. The van der Waals surface area contributed by atoms with Gasteiger partial charge in [0, 0.05) is 19.3 Å². The summed E-state index contributed by atoms with van der Waals surface area (Å²) in [6, 6.07) is 14.9. The normalized spacial score (nSPS) is 15.0. The maximum atomic E-state index is 12.6. The standard InChI is InChI=1S/C23H24N4O4/c1-3-31-18-6-4-5-15(11-18)12-24-22(28)20-14-27-13-19(26-23(29)21(27)25-20)16-7-9-17(30-2)10-8-16/h4-11,14,19H,3,12-13H2,1-2H3,(H,24,28)(H,26,29). The highest BCUT2D eigenvalue weighted by Crippen LogP contribution is 2.23. The monoisotopic (exact) mass is 420 g/mol. The molecule has 1 aliphatic heterocycles. The van der Waals surface area contributed by atoms with Crippen LogP contribution < -0.4 is 20.1 Å². The molecule has 3 aromatic rings. The Morgan fingerprint density at radius 1 is 1.23 bits per heavy atom. The second kappa shape index (κ2) is 8.91. The minimum absolute atomic E-state index is 0.210. The number of hydrogen-bond donors (Lipinski definition) is 2. The van der Waals surface area contributed by atoms with E-state index in [1.165, 1.54) is 0 Å². The van der Waals surface area contributed by atoms with Crippen molar-refractivity contribution in [3.63, 3.8) is 0 Å². The van der Waals surface area contributed by atoms with Crippen LogP contribution in [0, 0.1) is 0 Å². The first-order valence-corrected chi connectivity index (χ1v) is 10.1. The fraction of sp³-hybridized carbons (Fsp3) is 0.261. The maximum Gasteiger partial charge on any atom is 0.287 e. The van der Waals surface area contributed by atoms with Gasteiger partial charge in [-0.05, 0) is 42.3 Å². The van der Waals surface area contributed by atoms with Gasteiger partial charge >= 0.3 is 0 Å². The van der Waals surface area contributed by atoms with Gasteiger partial charge in [0.25, 0.3) is 11.8 Å². The highest BCUT2D eigenvalue weighted by molar-refractivity contribution is 5.96. The summed E-state index contributed by atoms with van der Waals surface area (Å²) in [5.74, 6) is 1.09. The quantitative estimate of drug-likeness (QED) is 0.613. The number of fused-ring (bicyclic) bond motifs is 1. The second-order valence-corrected chi connectivity index (χ2v) is 7.16. The summed E-state index contributed by atoms with van der Waals surface area (Å²) >= 11 is 0. The Labute approximate surface area is 180 Å². The van der Waals surface area contributed by atoms with E-state index >= 15 is 0 Å². The smallest absolute Gasteiger partial charge is 0.287 e. The maximum absolute atomic E-state index is 12.6. The first-order valence-electron chi connectivity index (χ1n) is 10.1. The van der Waals surface area contributed by atoms with Crippen molar-refractivity contribution in [1.82, 2.24) is 20.2 Å². The number of hydrogen-bond acceptors (Lipinski definition) is 5. The Balaban J connectivity index is 1.44. The zero-order chi connectivity index (χ0) is 21.8. The van der Waals surface area contributed by atoms with Gasteiger partial charge in [0.1, 0.15) is 17.2 Å². The molecule has 1 aromatic heterocycles. The summed E-state index contributed by atoms with van der Waals surface area (Å²) < 4.78 is 12.4. The Hall–Kier alpha value is -3.81. The molecule has 0 saturated carbocycles. The summed E-state index contributed by atoms with van der Waals surface area (Å²) in [7, 11) is 1.61. The van der Waals surface area contributed by atoms with E-state index in [9.17, 15) is 9.59 Å². The summed E-state index contributed by atoms with van der Waals surface area (Å²) in [6.45, 7) is 3.33. The van der Waals surface area contributed by atoms with Crippen molar-refractivity contribution in [2.75, 3.05) is 13.7 Å². The largest absolute Gasteiger partial charge is 0.497 e. The number of amides is 2. The van der Waals surface area contributed by atoms with Crippen LogP contribution in [-0.2, 0) is 13.1 Å². The van der Waals surface area contributed by atoms with Crippen molar-refractivity contribution in [3.05, 3.63) is 77.4 Å². The molecule has 4 rings (SSSR count). The Morgan fingerprint density at radius 2 is 2.03 bits per heavy atom. The molecule has 2 heterocycles. The van der Waals surface area contributed by atoms with Crippen LogP contribution in [0.25, 0.3) is 0 Å². The van der Waals surface area contributed by atoms with Crippen molar-refractivity contribution < 1.29 is 19.1 Å². The molecule has 2 N–H and O–H groups in total. The number of nitrogens with one attached hydrogen (secondary N) is 2. The molecule has 160 valence electrons. The van der Waals surface area contributed by atoms with Crippen LogP contribution in [0.4, 0.5) is 0 Å². The van der Waals surface area contributed by atoms with Gasteiger partial charge in [-0.1, -0.05) is 24.3 Å². The first kappa shape index (κ1) is 20.5. The third kappa shape index (κ3) is 4.53. The van der Waals surface area contributed by atoms with Crippen LogP contribution in [0.5, 0.6) is 11.5 Å². The lowest BCUT2D eigenvalue weighted by molar-refractivity contribution is 0.0894. The number of methoxy groups -OCH3 is 1. The summed E-state index contributed by atoms with van der Waals surface area (Å²) in [4.78, 5) is 29.4. The van der Waals surface area contributed by atoms with Crippen molar-refractivity contribution in [3.8, 4) is 11.5 Å². The van der Waals surface area contributed by atoms with E-state index in [0.29, 0.717) is 19.7 Å². The lowest BCUT2D eigenvalue weighted by Gasteiger charge is -2.25. The Kier molecular flexibility index (Phi) is 5.88. The lowest BCUT2D eigenvalue weighted by Crippen LogP contribution is -2.38. The fourth-order valence-electron chi connectivity index (χ4n) is 3.52. The summed E-state index contributed by atoms with van der Waals surface area (Å²) in [6.07, 6.45) is 1.62. The highest BCUT2D eigenvalue weighted by atomic mass is 16.5. The van der Waals surface area contributed by atoms with Gasteiger partial charge in [-0.3, -0.25) is 9.59 Å². The first-order chi connectivity index (χ1) is 15.1. The highest BCUT2D eigenvalue weighted by Gasteiger charge is 2.28. The van der Waals surface area contributed by atoms with Crippen molar-refractivity contribution >= 4 is 11.8 Å². The molecule has 8 nitrogen and oxygen atoms in total. The van der Waals surface area contributed by atoms with Crippen LogP contribution in [0.2, 0.25) is 0 Å². The van der Waals surface area contributed by atoms with E-state index in [1.54, 1.807) is 17.9 Å². The van der Waals surface area contributed by atoms with Gasteiger partial charge in [-0.15, -0.1) is 0 Å².